The van der Waals surface area contributed by atoms with Gasteiger partial charge in [-0.2, -0.15) is 0 Å². The number of Topliss-reactive ketones (excluding diaryl/α,β-unsaturated/α-hetero) is 1. The van der Waals surface area contributed by atoms with E-state index in [0.717, 1.165) is 5.56 Å². The number of hydrogen-bond acceptors (Lipinski definition) is 3. The maximum absolute atomic E-state index is 13.4. The Kier molecular flexibility index (Phi) is 7.19. The number of carbonyl (C=O) groups is 2. The van der Waals surface area contributed by atoms with Crippen molar-refractivity contribution in [3.8, 4) is 0 Å². The summed E-state index contributed by atoms with van der Waals surface area (Å²) in [7, 11) is 0. The Balaban J connectivity index is 1.57. The number of carbonyl (C=O) groups excluding carboxylic acids is 2. The minimum absolute atomic E-state index is 0.0289. The number of aliphatic hydroxyl groups excluding tert-OH is 1. The summed E-state index contributed by atoms with van der Waals surface area (Å²) >= 11 is 2.02. The zero-order valence-electron chi connectivity index (χ0n) is 17.6. The summed E-state index contributed by atoms with van der Waals surface area (Å²) in [5.41, 5.74) is 2.66. The Morgan fingerprint density at radius 2 is 1.52 bits per heavy atom. The molecule has 0 saturated carbocycles. The zero-order valence-corrected chi connectivity index (χ0v) is 19.8. The molecule has 1 N–H and O–H groups in total. The molecule has 3 aromatic carbocycles. The molecule has 4 nitrogen and oxygen atoms in total. The summed E-state index contributed by atoms with van der Waals surface area (Å²) in [6, 6.07) is 18.3. The largest absolute Gasteiger partial charge is 0.388 e. The number of alkyl halides is 1. The first-order valence-corrected chi connectivity index (χ1v) is 12.1. The van der Waals surface area contributed by atoms with Gasteiger partial charge in [0.15, 0.2) is 5.78 Å². The number of aliphatic hydroxyl groups is 1. The number of ketones is 1. The number of amides is 1. The molecule has 33 heavy (non-hydrogen) atoms. The van der Waals surface area contributed by atoms with E-state index >= 15 is 0 Å². The van der Waals surface area contributed by atoms with Crippen molar-refractivity contribution in [3.63, 3.8) is 0 Å². The minimum atomic E-state index is -0.817. The molecule has 0 radical (unpaired) electrons. The van der Waals surface area contributed by atoms with E-state index in [1.807, 2.05) is 34.7 Å². The van der Waals surface area contributed by atoms with Crippen molar-refractivity contribution in [3.05, 3.63) is 101 Å². The molecule has 1 saturated heterocycles. The second kappa shape index (κ2) is 10.1. The van der Waals surface area contributed by atoms with Gasteiger partial charge in [0, 0.05) is 11.3 Å². The number of halogens is 3. The van der Waals surface area contributed by atoms with E-state index in [0.29, 0.717) is 34.1 Å². The molecule has 0 bridgehead atoms. The summed E-state index contributed by atoms with van der Waals surface area (Å²) in [5.74, 6) is -1.22. The quantitative estimate of drug-likeness (QED) is 0.164. The molecule has 1 fully saturated rings. The molecule has 3 atom stereocenters. The van der Waals surface area contributed by atoms with Crippen LogP contribution in [-0.2, 0) is 4.79 Å². The van der Waals surface area contributed by atoms with E-state index in [4.69, 9.17) is 0 Å². The van der Waals surface area contributed by atoms with Gasteiger partial charge < -0.3 is 10.0 Å². The fourth-order valence-electron chi connectivity index (χ4n) is 4.23. The van der Waals surface area contributed by atoms with Crippen molar-refractivity contribution in [1.29, 1.82) is 0 Å². The lowest BCUT2D eigenvalue weighted by atomic mass is 9.78. The Labute approximate surface area is 204 Å². The van der Waals surface area contributed by atoms with E-state index in [9.17, 15) is 23.5 Å². The Bertz CT molecular complexity index is 1130. The average Bonchev–Trinajstić information content (AvgIpc) is 2.83. The Morgan fingerprint density at radius 1 is 0.939 bits per heavy atom. The number of β-lactam (4-membered cyclic amide) rings is 1. The lowest BCUT2D eigenvalue weighted by molar-refractivity contribution is -0.131. The highest BCUT2D eigenvalue weighted by Gasteiger charge is 2.48. The van der Waals surface area contributed by atoms with Gasteiger partial charge in [-0.1, -0.05) is 59.0 Å². The summed E-state index contributed by atoms with van der Waals surface area (Å²) in [4.78, 5) is 26.7. The Hall–Kier alpha value is -2.65. The van der Waals surface area contributed by atoms with Gasteiger partial charge in [-0.05, 0) is 60.4 Å². The van der Waals surface area contributed by atoms with E-state index < -0.39 is 6.10 Å². The molecule has 0 aliphatic carbocycles. The number of benzene rings is 3. The molecule has 1 aliphatic heterocycles. The van der Waals surface area contributed by atoms with E-state index in [-0.39, 0.29) is 35.3 Å². The van der Waals surface area contributed by atoms with Crippen molar-refractivity contribution in [2.75, 3.05) is 9.33 Å². The monoisotopic (exact) mass is 561 g/mol. The van der Waals surface area contributed by atoms with Gasteiger partial charge in [-0.25, -0.2) is 8.78 Å². The molecule has 3 aromatic rings. The number of rotatable bonds is 8. The maximum atomic E-state index is 13.4. The topological polar surface area (TPSA) is 57.6 Å². The molecule has 1 aliphatic rings. The van der Waals surface area contributed by atoms with Gasteiger partial charge in [0.1, 0.15) is 11.6 Å². The average molecular weight is 561 g/mol. The van der Waals surface area contributed by atoms with Crippen molar-refractivity contribution < 1.29 is 23.5 Å². The SMILES string of the molecule is O=C(CI)c1ccc([C@@H]2[C@@H](CC[C@H](O)c3ccc(F)cc3)C(=O)N2c2ccc(F)cc2)cc1. The summed E-state index contributed by atoms with van der Waals surface area (Å²) in [6.07, 6.45) is -0.0578. The molecule has 170 valence electrons. The van der Waals surface area contributed by atoms with Crippen LogP contribution in [0.1, 0.15) is 46.5 Å². The predicted octanol–water partition coefficient (Wildman–Crippen LogP) is 5.80. The van der Waals surface area contributed by atoms with Gasteiger partial charge in [-0.15, -0.1) is 0 Å². The predicted molar refractivity (Wildman–Crippen MR) is 130 cm³/mol. The second-order valence-corrected chi connectivity index (χ2v) is 8.82. The third-order valence-electron chi connectivity index (χ3n) is 6.02. The van der Waals surface area contributed by atoms with Crippen LogP contribution in [0, 0.1) is 17.6 Å². The first-order valence-electron chi connectivity index (χ1n) is 10.6. The fraction of sp³-hybridized carbons (Fsp3) is 0.231. The molecule has 0 unspecified atom stereocenters. The molecule has 1 amide bonds. The summed E-state index contributed by atoms with van der Waals surface area (Å²) < 4.78 is 27.0. The van der Waals surface area contributed by atoms with Crippen LogP contribution in [0.2, 0.25) is 0 Å². The van der Waals surface area contributed by atoms with Gasteiger partial charge in [0.2, 0.25) is 5.91 Å². The first-order chi connectivity index (χ1) is 15.9. The van der Waals surface area contributed by atoms with Crippen LogP contribution in [0.25, 0.3) is 0 Å². The van der Waals surface area contributed by atoms with E-state index in [1.165, 1.54) is 36.4 Å². The normalized spacial score (nSPS) is 18.7. The molecule has 1 heterocycles. The highest BCUT2D eigenvalue weighted by molar-refractivity contribution is 14.1. The lowest BCUT2D eigenvalue weighted by Crippen LogP contribution is -2.55. The van der Waals surface area contributed by atoms with Crippen molar-refractivity contribution >= 4 is 40.0 Å². The zero-order chi connectivity index (χ0) is 23.5. The van der Waals surface area contributed by atoms with Crippen LogP contribution in [0.3, 0.4) is 0 Å². The fourth-order valence-corrected chi connectivity index (χ4v) is 4.67. The molecule has 7 heteroatoms. The molecule has 0 spiro atoms. The van der Waals surface area contributed by atoms with Crippen LogP contribution >= 0.6 is 22.6 Å². The molecule has 0 aromatic heterocycles. The standard InChI is InChI=1S/C26H22F2INO3/c27-19-7-5-16(6-8-19)23(31)14-13-22-25(18-3-1-17(2-4-18)24(32)15-29)30(26(22)33)21-11-9-20(28)10-12-21/h1-12,22-23,25,31H,13-15H2/t22-,23+,25-/m1/s1. The Morgan fingerprint density at radius 3 is 2.09 bits per heavy atom. The van der Waals surface area contributed by atoms with Gasteiger partial charge in [0.25, 0.3) is 0 Å². The summed E-state index contributed by atoms with van der Waals surface area (Å²) in [5, 5.41) is 10.5. The minimum Gasteiger partial charge on any atom is -0.388 e. The smallest absolute Gasteiger partial charge is 0.233 e. The second-order valence-electron chi connectivity index (χ2n) is 8.06. The molecular formula is C26H22F2INO3. The third kappa shape index (κ3) is 4.99. The van der Waals surface area contributed by atoms with E-state index in [2.05, 4.69) is 0 Å². The number of anilines is 1. The third-order valence-corrected chi connectivity index (χ3v) is 6.71. The van der Waals surface area contributed by atoms with Crippen LogP contribution < -0.4 is 4.90 Å². The van der Waals surface area contributed by atoms with Crippen LogP contribution in [0.15, 0.2) is 72.8 Å². The van der Waals surface area contributed by atoms with Gasteiger partial charge in [0.05, 0.1) is 22.5 Å². The molecule has 4 rings (SSSR count). The van der Waals surface area contributed by atoms with Gasteiger partial charge >= 0.3 is 0 Å². The highest BCUT2D eigenvalue weighted by Crippen LogP contribution is 2.46. The maximum Gasteiger partial charge on any atom is 0.233 e. The highest BCUT2D eigenvalue weighted by atomic mass is 127. The van der Waals surface area contributed by atoms with E-state index in [1.54, 1.807) is 29.2 Å². The van der Waals surface area contributed by atoms with Gasteiger partial charge in [-0.3, -0.25) is 9.59 Å². The summed E-state index contributed by atoms with van der Waals surface area (Å²) in [6.45, 7) is 0. The van der Waals surface area contributed by atoms with Crippen molar-refractivity contribution in [2.24, 2.45) is 5.92 Å². The van der Waals surface area contributed by atoms with Crippen LogP contribution in [-0.4, -0.2) is 21.2 Å². The molecular weight excluding hydrogens is 539 g/mol. The van der Waals surface area contributed by atoms with Crippen molar-refractivity contribution in [2.45, 2.75) is 25.0 Å². The first kappa shape index (κ1) is 23.5. The number of nitrogens with zero attached hydrogens (tertiary/aromatic N) is 1. The van der Waals surface area contributed by atoms with Crippen LogP contribution in [0.4, 0.5) is 14.5 Å². The number of hydrogen-bond donors (Lipinski definition) is 1. The lowest BCUT2D eigenvalue weighted by Gasteiger charge is -2.48. The van der Waals surface area contributed by atoms with Crippen LogP contribution in [0.5, 0.6) is 0 Å². The van der Waals surface area contributed by atoms with Crippen molar-refractivity contribution in [1.82, 2.24) is 0 Å².